The van der Waals surface area contributed by atoms with Crippen LogP contribution in [0.2, 0.25) is 0 Å². The maximum absolute atomic E-state index is 3.13. The first-order chi connectivity index (χ1) is 2.93. The van der Waals surface area contributed by atoms with Crippen LogP contribution < -0.4 is 5.43 Å². The zero-order valence-corrected chi connectivity index (χ0v) is 4.07. The molecule has 1 aliphatic rings. The molecule has 1 rings (SSSR count). The highest BCUT2D eigenvalue weighted by molar-refractivity contribution is 4.59. The molecule has 0 unspecified atom stereocenters. The summed E-state index contributed by atoms with van der Waals surface area (Å²) in [5.41, 5.74) is 3.13. The first kappa shape index (κ1) is 4.09. The monoisotopic (exact) mass is 86.1 g/mol. The summed E-state index contributed by atoms with van der Waals surface area (Å²) in [6.45, 7) is 5.69. The summed E-state index contributed by atoms with van der Waals surface area (Å²) in [7, 11) is 0. The lowest BCUT2D eigenvalue weighted by Gasteiger charge is -2.30. The number of nitrogens with zero attached hydrogens (tertiary/aromatic N) is 1. The summed E-state index contributed by atoms with van der Waals surface area (Å²) >= 11 is 0. The van der Waals surface area contributed by atoms with Crippen LogP contribution in [0.15, 0.2) is 0 Å². The summed E-state index contributed by atoms with van der Waals surface area (Å²) in [4.78, 5) is 0. The Labute approximate surface area is 38.1 Å². The fraction of sp³-hybridized carbons (Fsp3) is 1.00. The molecular formula is C4H10N2. The van der Waals surface area contributed by atoms with Gasteiger partial charge < -0.3 is 0 Å². The van der Waals surface area contributed by atoms with Gasteiger partial charge in [0.25, 0.3) is 0 Å². The van der Waals surface area contributed by atoms with Crippen LogP contribution in [-0.2, 0) is 0 Å². The van der Waals surface area contributed by atoms with Gasteiger partial charge in [-0.15, -0.1) is 0 Å². The van der Waals surface area contributed by atoms with E-state index in [-0.39, 0.29) is 0 Å². The van der Waals surface area contributed by atoms with Gasteiger partial charge in [-0.3, -0.25) is 5.43 Å². The van der Waals surface area contributed by atoms with Crippen molar-refractivity contribution in [3.05, 3.63) is 0 Å². The van der Waals surface area contributed by atoms with E-state index in [9.17, 15) is 0 Å². The summed E-state index contributed by atoms with van der Waals surface area (Å²) in [5.74, 6) is 0. The summed E-state index contributed by atoms with van der Waals surface area (Å²) in [6.07, 6.45) is 0. The van der Waals surface area contributed by atoms with Gasteiger partial charge in [-0.05, 0) is 0 Å². The third-order valence-corrected chi connectivity index (χ3v) is 1.10. The SMILES string of the molecule is CCN1CCN1. The average molecular weight is 86.1 g/mol. The highest BCUT2D eigenvalue weighted by Gasteiger charge is 2.07. The molecule has 36 valence electrons. The lowest BCUT2D eigenvalue weighted by Crippen LogP contribution is -2.53. The number of nitrogens with one attached hydrogen (secondary N) is 1. The normalized spacial score (nSPS) is 23.5. The quantitative estimate of drug-likeness (QED) is 0.476. The lowest BCUT2D eigenvalue weighted by molar-refractivity contribution is 0.110. The third kappa shape index (κ3) is 0.533. The van der Waals surface area contributed by atoms with E-state index in [0.717, 1.165) is 6.54 Å². The molecule has 0 spiro atoms. The molecule has 1 N–H and O–H groups in total. The van der Waals surface area contributed by atoms with E-state index in [1.165, 1.54) is 13.1 Å². The van der Waals surface area contributed by atoms with E-state index in [1.54, 1.807) is 0 Å². The molecule has 6 heavy (non-hydrogen) atoms. The van der Waals surface area contributed by atoms with Gasteiger partial charge in [0.2, 0.25) is 0 Å². The fourth-order valence-corrected chi connectivity index (χ4v) is 0.540. The van der Waals surface area contributed by atoms with Gasteiger partial charge in [-0.1, -0.05) is 6.92 Å². The van der Waals surface area contributed by atoms with Crippen molar-refractivity contribution in [3.8, 4) is 0 Å². The van der Waals surface area contributed by atoms with Crippen LogP contribution in [0.1, 0.15) is 6.92 Å². The van der Waals surface area contributed by atoms with E-state index in [2.05, 4.69) is 17.4 Å². The van der Waals surface area contributed by atoms with Crippen molar-refractivity contribution in [2.45, 2.75) is 6.92 Å². The molecular weight excluding hydrogens is 76.1 g/mol. The molecule has 0 aromatic rings. The Morgan fingerprint density at radius 3 is 2.50 bits per heavy atom. The molecule has 0 aromatic heterocycles. The summed E-state index contributed by atoms with van der Waals surface area (Å²) in [6, 6.07) is 0. The van der Waals surface area contributed by atoms with E-state index < -0.39 is 0 Å². The molecule has 2 heteroatoms. The minimum Gasteiger partial charge on any atom is -0.254 e. The minimum absolute atomic E-state index is 1.14. The number of hydrazine groups is 1. The predicted molar refractivity (Wildman–Crippen MR) is 25.2 cm³/mol. The van der Waals surface area contributed by atoms with Gasteiger partial charge in [0, 0.05) is 19.6 Å². The van der Waals surface area contributed by atoms with E-state index in [0.29, 0.717) is 0 Å². The lowest BCUT2D eigenvalue weighted by atomic mass is 10.5. The molecule has 2 nitrogen and oxygen atoms in total. The molecule has 0 atom stereocenters. The number of rotatable bonds is 1. The Morgan fingerprint density at radius 2 is 2.50 bits per heavy atom. The van der Waals surface area contributed by atoms with Crippen LogP contribution in [0.25, 0.3) is 0 Å². The van der Waals surface area contributed by atoms with Crippen LogP contribution >= 0.6 is 0 Å². The molecule has 0 bridgehead atoms. The van der Waals surface area contributed by atoms with Crippen molar-refractivity contribution in [3.63, 3.8) is 0 Å². The van der Waals surface area contributed by atoms with Gasteiger partial charge >= 0.3 is 0 Å². The van der Waals surface area contributed by atoms with Gasteiger partial charge in [0.05, 0.1) is 0 Å². The second kappa shape index (κ2) is 1.58. The van der Waals surface area contributed by atoms with Crippen LogP contribution in [-0.4, -0.2) is 24.6 Å². The second-order valence-electron chi connectivity index (χ2n) is 1.49. The van der Waals surface area contributed by atoms with E-state index in [1.807, 2.05) is 0 Å². The van der Waals surface area contributed by atoms with Crippen LogP contribution in [0.3, 0.4) is 0 Å². The summed E-state index contributed by atoms with van der Waals surface area (Å²) in [5, 5.41) is 2.18. The largest absolute Gasteiger partial charge is 0.254 e. The molecule has 0 saturated carbocycles. The van der Waals surface area contributed by atoms with Crippen LogP contribution in [0, 0.1) is 0 Å². The van der Waals surface area contributed by atoms with Gasteiger partial charge in [-0.2, -0.15) is 0 Å². The van der Waals surface area contributed by atoms with Crippen LogP contribution in [0.4, 0.5) is 0 Å². The fourth-order valence-electron chi connectivity index (χ4n) is 0.540. The molecule has 0 aromatic carbocycles. The van der Waals surface area contributed by atoms with Crippen molar-refractivity contribution in [1.29, 1.82) is 0 Å². The molecule has 1 heterocycles. The number of likely N-dealkylation sites (N-methyl/N-ethyl adjacent to an activating group) is 1. The molecule has 1 fully saturated rings. The zero-order chi connectivity index (χ0) is 4.41. The van der Waals surface area contributed by atoms with Crippen molar-refractivity contribution in [1.82, 2.24) is 10.4 Å². The average Bonchev–Trinajstić information content (AvgIpc) is 1.31. The second-order valence-corrected chi connectivity index (χ2v) is 1.49. The number of hydrogen-bond acceptors (Lipinski definition) is 2. The Balaban J connectivity index is 2.01. The van der Waals surface area contributed by atoms with Crippen LogP contribution in [0.5, 0.6) is 0 Å². The topological polar surface area (TPSA) is 15.3 Å². The summed E-state index contributed by atoms with van der Waals surface area (Å²) < 4.78 is 0. The van der Waals surface area contributed by atoms with Crippen molar-refractivity contribution in [2.24, 2.45) is 0 Å². The van der Waals surface area contributed by atoms with Crippen molar-refractivity contribution in [2.75, 3.05) is 19.6 Å². The van der Waals surface area contributed by atoms with E-state index in [4.69, 9.17) is 0 Å². The van der Waals surface area contributed by atoms with Gasteiger partial charge in [-0.25, -0.2) is 5.01 Å². The maximum Gasteiger partial charge on any atom is 0.0270 e. The molecule has 0 aliphatic carbocycles. The number of hydrogen-bond donors (Lipinski definition) is 1. The van der Waals surface area contributed by atoms with Crippen molar-refractivity contribution >= 4 is 0 Å². The van der Waals surface area contributed by atoms with Gasteiger partial charge in [0.15, 0.2) is 0 Å². The van der Waals surface area contributed by atoms with Crippen molar-refractivity contribution < 1.29 is 0 Å². The molecule has 0 amide bonds. The first-order valence-electron chi connectivity index (χ1n) is 2.42. The standard InChI is InChI=1S/C4H10N2/c1-2-6-4-3-5-6/h5H,2-4H2,1H3. The van der Waals surface area contributed by atoms with E-state index >= 15 is 0 Å². The Bertz CT molecular complexity index is 38.1. The highest BCUT2D eigenvalue weighted by Crippen LogP contribution is 1.87. The highest BCUT2D eigenvalue weighted by atomic mass is 15.6. The van der Waals surface area contributed by atoms with Gasteiger partial charge in [0.1, 0.15) is 0 Å². The smallest absolute Gasteiger partial charge is 0.0270 e. The Hall–Kier alpha value is -0.0800. The molecule has 0 radical (unpaired) electrons. The molecule has 1 aliphatic heterocycles. The molecule has 1 saturated heterocycles. The first-order valence-corrected chi connectivity index (χ1v) is 2.42. The maximum atomic E-state index is 3.13. The third-order valence-electron chi connectivity index (χ3n) is 1.10. The minimum atomic E-state index is 1.14. The zero-order valence-electron chi connectivity index (χ0n) is 4.07. The predicted octanol–water partition coefficient (Wildman–Crippen LogP) is -0.173. The Morgan fingerprint density at radius 1 is 1.83 bits per heavy atom. The Kier molecular flexibility index (Phi) is 1.08.